The van der Waals surface area contributed by atoms with Crippen LogP contribution in [0.15, 0.2) is 24.3 Å². The van der Waals surface area contributed by atoms with Gasteiger partial charge >= 0.3 is 5.97 Å². The maximum Gasteiger partial charge on any atom is 0.305 e. The normalized spacial score (nSPS) is 12.8. The fourth-order valence-corrected chi connectivity index (χ4v) is 8.28. The standard InChI is InChI=1S/C55H105NO5/c1-3-5-7-9-11-13-15-16-17-18-19-22-25-29-33-37-41-45-49-55(60)61-50-46-42-38-34-30-26-23-20-21-24-28-32-36-40-44-48-54(59)56-52(51-57)53(58)47-43-39-35-31-27-14-12-10-8-6-4-2/h17-18,23,26,52-53,57-58H,3-16,19-22,24-25,27-51H2,1-2H3,(H,56,59)/b18-17-,26-23-. The zero-order valence-electron chi connectivity index (χ0n) is 40.9. The summed E-state index contributed by atoms with van der Waals surface area (Å²) >= 11 is 0. The molecule has 0 rings (SSSR count). The number of hydrogen-bond donors (Lipinski definition) is 3. The van der Waals surface area contributed by atoms with Gasteiger partial charge in [0.1, 0.15) is 0 Å². The average molecular weight is 860 g/mol. The van der Waals surface area contributed by atoms with Crippen LogP contribution in [0.1, 0.15) is 290 Å². The third-order valence-electron chi connectivity index (χ3n) is 12.5. The molecule has 0 spiro atoms. The van der Waals surface area contributed by atoms with Crippen LogP contribution in [-0.2, 0) is 14.3 Å². The largest absolute Gasteiger partial charge is 0.466 e. The second-order valence-electron chi connectivity index (χ2n) is 18.6. The van der Waals surface area contributed by atoms with E-state index in [0.29, 0.717) is 25.9 Å². The molecular weight excluding hydrogens is 755 g/mol. The van der Waals surface area contributed by atoms with Crippen molar-refractivity contribution in [2.75, 3.05) is 13.2 Å². The van der Waals surface area contributed by atoms with Crippen molar-refractivity contribution in [1.29, 1.82) is 0 Å². The summed E-state index contributed by atoms with van der Waals surface area (Å²) in [5.41, 5.74) is 0. The molecule has 6 heteroatoms. The Hall–Kier alpha value is -1.66. The van der Waals surface area contributed by atoms with E-state index in [0.717, 1.165) is 70.6 Å². The minimum atomic E-state index is -0.672. The van der Waals surface area contributed by atoms with Gasteiger partial charge in [-0.1, -0.05) is 224 Å². The summed E-state index contributed by atoms with van der Waals surface area (Å²) in [6.07, 6.45) is 60.1. The van der Waals surface area contributed by atoms with Crippen LogP contribution in [0.3, 0.4) is 0 Å². The van der Waals surface area contributed by atoms with Crippen molar-refractivity contribution >= 4 is 11.9 Å². The van der Waals surface area contributed by atoms with Gasteiger partial charge in [-0.3, -0.25) is 9.59 Å². The van der Waals surface area contributed by atoms with Crippen molar-refractivity contribution in [3.05, 3.63) is 24.3 Å². The van der Waals surface area contributed by atoms with E-state index in [1.165, 1.54) is 186 Å². The Kier molecular flexibility index (Phi) is 49.6. The van der Waals surface area contributed by atoms with Crippen LogP contribution < -0.4 is 5.32 Å². The number of amides is 1. The van der Waals surface area contributed by atoms with E-state index < -0.39 is 12.1 Å². The maximum absolute atomic E-state index is 12.4. The number of carbonyl (C=O) groups is 2. The van der Waals surface area contributed by atoms with Crippen molar-refractivity contribution in [1.82, 2.24) is 5.32 Å². The first kappa shape index (κ1) is 59.3. The Morgan fingerprint density at radius 2 is 0.770 bits per heavy atom. The molecule has 61 heavy (non-hydrogen) atoms. The SMILES string of the molecule is CCCCCCCCC/C=C\CCCCCCCCCC(=O)OCCCCCC/C=C\CCCCCCCCCC(=O)NC(CO)C(O)CCCCCCCCCCCCC. The van der Waals surface area contributed by atoms with Gasteiger partial charge in [-0.05, 0) is 77.0 Å². The molecular formula is C55H105NO5. The number of carbonyl (C=O) groups excluding carboxylic acids is 2. The fraction of sp³-hybridized carbons (Fsp3) is 0.891. The highest BCUT2D eigenvalue weighted by Crippen LogP contribution is 2.16. The summed E-state index contributed by atoms with van der Waals surface area (Å²) in [5.74, 6) is -0.0646. The minimum absolute atomic E-state index is 0.0132. The van der Waals surface area contributed by atoms with E-state index in [9.17, 15) is 19.8 Å². The van der Waals surface area contributed by atoms with Crippen LogP contribution >= 0.6 is 0 Å². The fourth-order valence-electron chi connectivity index (χ4n) is 8.28. The second kappa shape index (κ2) is 51.0. The quantitative estimate of drug-likeness (QED) is 0.0322. The number of esters is 1. The summed E-state index contributed by atoms with van der Waals surface area (Å²) < 4.78 is 5.47. The zero-order chi connectivity index (χ0) is 44.4. The lowest BCUT2D eigenvalue weighted by Crippen LogP contribution is -2.45. The molecule has 0 radical (unpaired) electrons. The van der Waals surface area contributed by atoms with E-state index in [1.807, 2.05) is 0 Å². The molecule has 0 aromatic heterocycles. The van der Waals surface area contributed by atoms with Gasteiger partial charge in [-0.25, -0.2) is 0 Å². The van der Waals surface area contributed by atoms with Crippen LogP contribution in [0.2, 0.25) is 0 Å². The van der Waals surface area contributed by atoms with Crippen molar-refractivity contribution in [3.8, 4) is 0 Å². The predicted molar refractivity (Wildman–Crippen MR) is 264 cm³/mol. The predicted octanol–water partition coefficient (Wildman–Crippen LogP) is 16.3. The van der Waals surface area contributed by atoms with Gasteiger partial charge in [0.25, 0.3) is 0 Å². The first-order chi connectivity index (χ1) is 30.0. The number of aliphatic hydroxyl groups excluding tert-OH is 2. The summed E-state index contributed by atoms with van der Waals surface area (Å²) in [7, 11) is 0. The van der Waals surface area contributed by atoms with Crippen LogP contribution in [0.4, 0.5) is 0 Å². The molecule has 0 aliphatic rings. The lowest BCUT2D eigenvalue weighted by molar-refractivity contribution is -0.143. The van der Waals surface area contributed by atoms with Crippen molar-refractivity contribution in [2.45, 2.75) is 302 Å². The Balaban J connectivity index is 3.45. The Morgan fingerprint density at radius 3 is 1.16 bits per heavy atom. The average Bonchev–Trinajstić information content (AvgIpc) is 3.26. The van der Waals surface area contributed by atoms with Crippen molar-refractivity contribution in [3.63, 3.8) is 0 Å². The third kappa shape index (κ3) is 47.7. The number of rotatable bonds is 50. The van der Waals surface area contributed by atoms with Crippen molar-refractivity contribution < 1.29 is 24.5 Å². The van der Waals surface area contributed by atoms with Gasteiger partial charge < -0.3 is 20.3 Å². The number of hydrogen-bond acceptors (Lipinski definition) is 5. The summed E-state index contributed by atoms with van der Waals surface area (Å²) in [5, 5.41) is 23.1. The Labute approximate surface area is 380 Å². The molecule has 360 valence electrons. The van der Waals surface area contributed by atoms with E-state index in [2.05, 4.69) is 43.5 Å². The first-order valence-corrected chi connectivity index (χ1v) is 27.1. The molecule has 0 heterocycles. The van der Waals surface area contributed by atoms with E-state index >= 15 is 0 Å². The van der Waals surface area contributed by atoms with E-state index in [4.69, 9.17) is 4.74 Å². The van der Waals surface area contributed by atoms with Gasteiger partial charge in [0.2, 0.25) is 5.91 Å². The summed E-state index contributed by atoms with van der Waals surface area (Å²) in [6, 6.07) is -0.551. The summed E-state index contributed by atoms with van der Waals surface area (Å²) in [4.78, 5) is 24.5. The minimum Gasteiger partial charge on any atom is -0.466 e. The molecule has 2 unspecified atom stereocenters. The molecule has 0 saturated heterocycles. The molecule has 3 N–H and O–H groups in total. The molecule has 0 fully saturated rings. The van der Waals surface area contributed by atoms with Gasteiger partial charge in [0.05, 0.1) is 25.4 Å². The van der Waals surface area contributed by atoms with Crippen LogP contribution in [0, 0.1) is 0 Å². The molecule has 1 amide bonds. The van der Waals surface area contributed by atoms with Gasteiger partial charge in [-0.15, -0.1) is 0 Å². The second-order valence-corrected chi connectivity index (χ2v) is 18.6. The Morgan fingerprint density at radius 1 is 0.443 bits per heavy atom. The first-order valence-electron chi connectivity index (χ1n) is 27.1. The molecule has 0 aromatic carbocycles. The van der Waals surface area contributed by atoms with Crippen molar-refractivity contribution in [2.24, 2.45) is 0 Å². The number of allylic oxidation sites excluding steroid dienone is 4. The smallest absolute Gasteiger partial charge is 0.305 e. The van der Waals surface area contributed by atoms with Gasteiger partial charge in [-0.2, -0.15) is 0 Å². The molecule has 0 aromatic rings. The number of nitrogens with one attached hydrogen (secondary N) is 1. The number of unbranched alkanes of at least 4 members (excludes halogenated alkanes) is 35. The molecule has 0 aliphatic carbocycles. The molecule has 0 bridgehead atoms. The lowest BCUT2D eigenvalue weighted by atomic mass is 10.0. The van der Waals surface area contributed by atoms with E-state index in [1.54, 1.807) is 0 Å². The Bertz CT molecular complexity index is 951. The van der Waals surface area contributed by atoms with Crippen LogP contribution in [0.25, 0.3) is 0 Å². The molecule has 2 atom stereocenters. The topological polar surface area (TPSA) is 95.9 Å². The van der Waals surface area contributed by atoms with Crippen LogP contribution in [-0.4, -0.2) is 47.4 Å². The monoisotopic (exact) mass is 860 g/mol. The molecule has 0 aliphatic heterocycles. The maximum atomic E-state index is 12.4. The van der Waals surface area contributed by atoms with Crippen LogP contribution in [0.5, 0.6) is 0 Å². The highest BCUT2D eigenvalue weighted by Gasteiger charge is 2.20. The number of aliphatic hydroxyl groups is 2. The van der Waals surface area contributed by atoms with Gasteiger partial charge in [0.15, 0.2) is 0 Å². The number of ether oxygens (including phenoxy) is 1. The highest BCUT2D eigenvalue weighted by molar-refractivity contribution is 5.76. The summed E-state index contributed by atoms with van der Waals surface area (Å²) in [6.45, 7) is 4.91. The molecule has 6 nitrogen and oxygen atoms in total. The highest BCUT2D eigenvalue weighted by atomic mass is 16.5. The zero-order valence-corrected chi connectivity index (χ0v) is 40.9. The van der Waals surface area contributed by atoms with Gasteiger partial charge in [0, 0.05) is 12.8 Å². The van der Waals surface area contributed by atoms with E-state index in [-0.39, 0.29) is 18.5 Å². The molecule has 0 saturated carbocycles. The third-order valence-corrected chi connectivity index (χ3v) is 12.5. The lowest BCUT2D eigenvalue weighted by Gasteiger charge is -2.22.